The van der Waals surface area contributed by atoms with E-state index >= 15 is 0 Å². The van der Waals surface area contributed by atoms with Crippen LogP contribution in [0.5, 0.6) is 0 Å². The van der Waals surface area contributed by atoms with E-state index in [2.05, 4.69) is 0 Å². The number of hydrogen-bond donors (Lipinski definition) is 0. The van der Waals surface area contributed by atoms with Crippen LogP contribution in [-0.2, 0) is 14.6 Å². The van der Waals surface area contributed by atoms with E-state index in [4.69, 9.17) is 4.74 Å². The number of benzene rings is 1. The molecule has 4 nitrogen and oxygen atoms in total. The summed E-state index contributed by atoms with van der Waals surface area (Å²) in [6.07, 6.45) is 0.583. The molecule has 0 saturated carbocycles. The van der Waals surface area contributed by atoms with Crippen molar-refractivity contribution in [2.24, 2.45) is 0 Å². The van der Waals surface area contributed by atoms with Crippen LogP contribution < -0.4 is 0 Å². The number of rotatable bonds is 1. The number of fused-ring (bicyclic) bond motifs is 1. The third-order valence-electron chi connectivity index (χ3n) is 4.11. The Labute approximate surface area is 120 Å². The van der Waals surface area contributed by atoms with E-state index < -0.39 is 20.6 Å². The summed E-state index contributed by atoms with van der Waals surface area (Å²) in [6.45, 7) is 7.29. The van der Waals surface area contributed by atoms with E-state index in [-0.39, 0.29) is 10.8 Å². The van der Waals surface area contributed by atoms with Gasteiger partial charge in [0.05, 0.1) is 22.3 Å². The van der Waals surface area contributed by atoms with Crippen molar-refractivity contribution in [3.8, 4) is 0 Å². The van der Waals surface area contributed by atoms with Gasteiger partial charge >= 0.3 is 5.97 Å². The standard InChI is InChI=1S/C15H20O4S/c1-9-6-11-10(2)8-15(3,4)20(17,18)13(11)7-12(9)14(16)19-5/h6-7,10H,8H2,1-5H3. The third-order valence-corrected chi connectivity index (χ3v) is 6.66. The van der Waals surface area contributed by atoms with Gasteiger partial charge in [-0.3, -0.25) is 0 Å². The summed E-state index contributed by atoms with van der Waals surface area (Å²) < 4.78 is 29.3. The van der Waals surface area contributed by atoms with E-state index in [0.717, 1.165) is 11.1 Å². The minimum atomic E-state index is -3.44. The quantitative estimate of drug-likeness (QED) is 0.748. The highest BCUT2D eigenvalue weighted by Crippen LogP contribution is 2.44. The zero-order chi connectivity index (χ0) is 15.3. The molecule has 0 N–H and O–H groups in total. The van der Waals surface area contributed by atoms with Gasteiger partial charge in [-0.2, -0.15) is 0 Å². The lowest BCUT2D eigenvalue weighted by atomic mass is 9.89. The zero-order valence-corrected chi connectivity index (χ0v) is 13.3. The molecule has 1 atom stereocenters. The van der Waals surface area contributed by atoms with Crippen LogP contribution in [0, 0.1) is 6.92 Å². The van der Waals surface area contributed by atoms with Crippen LogP contribution in [0.2, 0.25) is 0 Å². The predicted molar refractivity (Wildman–Crippen MR) is 76.8 cm³/mol. The Morgan fingerprint density at radius 1 is 1.35 bits per heavy atom. The van der Waals surface area contributed by atoms with E-state index in [1.165, 1.54) is 13.2 Å². The van der Waals surface area contributed by atoms with Crippen LogP contribution in [0.25, 0.3) is 0 Å². The van der Waals surface area contributed by atoms with E-state index in [0.29, 0.717) is 12.0 Å². The molecule has 1 aliphatic rings. The van der Waals surface area contributed by atoms with Crippen molar-refractivity contribution in [3.05, 3.63) is 28.8 Å². The average molecular weight is 296 g/mol. The third kappa shape index (κ3) is 2.04. The Kier molecular flexibility index (Phi) is 3.45. The van der Waals surface area contributed by atoms with Crippen molar-refractivity contribution >= 4 is 15.8 Å². The largest absolute Gasteiger partial charge is 0.465 e. The highest BCUT2D eigenvalue weighted by molar-refractivity contribution is 7.93. The molecular weight excluding hydrogens is 276 g/mol. The predicted octanol–water partition coefficient (Wildman–Crippen LogP) is 2.84. The normalized spacial score (nSPS) is 22.9. The summed E-state index contributed by atoms with van der Waals surface area (Å²) in [5, 5.41) is 0. The number of carbonyl (C=O) groups excluding carboxylic acids is 1. The molecule has 1 aromatic carbocycles. The maximum absolute atomic E-state index is 12.7. The van der Waals surface area contributed by atoms with Gasteiger partial charge in [0, 0.05) is 0 Å². The van der Waals surface area contributed by atoms with Gasteiger partial charge in [-0.05, 0) is 50.3 Å². The van der Waals surface area contributed by atoms with Gasteiger partial charge in [-0.25, -0.2) is 13.2 Å². The molecule has 110 valence electrons. The van der Waals surface area contributed by atoms with Gasteiger partial charge in [0.25, 0.3) is 0 Å². The summed E-state index contributed by atoms with van der Waals surface area (Å²) in [7, 11) is -2.15. The van der Waals surface area contributed by atoms with E-state index in [1.807, 2.05) is 6.92 Å². The second-order valence-corrected chi connectivity index (χ2v) is 8.62. The van der Waals surface area contributed by atoms with Crippen molar-refractivity contribution in [2.45, 2.75) is 49.7 Å². The fourth-order valence-electron chi connectivity index (χ4n) is 2.91. The lowest BCUT2D eigenvalue weighted by molar-refractivity contribution is 0.0599. The molecule has 1 unspecified atom stereocenters. The number of methoxy groups -OCH3 is 1. The Morgan fingerprint density at radius 3 is 2.50 bits per heavy atom. The van der Waals surface area contributed by atoms with Crippen molar-refractivity contribution in [2.75, 3.05) is 7.11 Å². The van der Waals surface area contributed by atoms with Crippen molar-refractivity contribution in [3.63, 3.8) is 0 Å². The topological polar surface area (TPSA) is 60.4 Å². The molecule has 20 heavy (non-hydrogen) atoms. The Bertz CT molecular complexity index is 671. The van der Waals surface area contributed by atoms with Gasteiger partial charge in [0.15, 0.2) is 9.84 Å². The van der Waals surface area contributed by atoms with Crippen molar-refractivity contribution < 1.29 is 17.9 Å². The second-order valence-electron chi connectivity index (χ2n) is 6.06. The molecule has 2 rings (SSSR count). The number of ether oxygens (including phenoxy) is 1. The first-order valence-corrected chi connectivity index (χ1v) is 8.07. The number of carbonyl (C=O) groups is 1. The van der Waals surface area contributed by atoms with Crippen LogP contribution in [-0.4, -0.2) is 26.2 Å². The first-order valence-electron chi connectivity index (χ1n) is 6.59. The molecular formula is C15H20O4S. The first kappa shape index (κ1) is 15.0. The Balaban J connectivity index is 2.77. The summed E-state index contributed by atoms with van der Waals surface area (Å²) in [5.41, 5.74) is 1.87. The van der Waals surface area contributed by atoms with E-state index in [1.54, 1.807) is 26.8 Å². The van der Waals surface area contributed by atoms with Crippen LogP contribution >= 0.6 is 0 Å². The molecule has 1 heterocycles. The molecule has 1 aliphatic heterocycles. The summed E-state index contributed by atoms with van der Waals surface area (Å²) in [5.74, 6) is -0.356. The molecule has 0 spiro atoms. The van der Waals surface area contributed by atoms with Gasteiger partial charge in [0.1, 0.15) is 0 Å². The summed E-state index contributed by atoms with van der Waals surface area (Å²) in [6, 6.07) is 3.28. The van der Waals surface area contributed by atoms with Crippen molar-refractivity contribution in [1.29, 1.82) is 0 Å². The van der Waals surface area contributed by atoms with Gasteiger partial charge < -0.3 is 4.74 Å². The van der Waals surface area contributed by atoms with Crippen LogP contribution in [0.15, 0.2) is 17.0 Å². The highest BCUT2D eigenvalue weighted by atomic mass is 32.2. The zero-order valence-electron chi connectivity index (χ0n) is 12.5. The number of esters is 1. The lowest BCUT2D eigenvalue weighted by Gasteiger charge is -2.35. The molecule has 0 saturated heterocycles. The Morgan fingerprint density at radius 2 is 1.95 bits per heavy atom. The maximum Gasteiger partial charge on any atom is 0.338 e. The molecule has 0 amide bonds. The fourth-order valence-corrected chi connectivity index (χ4v) is 4.82. The average Bonchev–Trinajstić information content (AvgIpc) is 2.35. The molecule has 0 aliphatic carbocycles. The fraction of sp³-hybridized carbons (Fsp3) is 0.533. The number of aryl methyl sites for hydroxylation is 1. The number of sulfone groups is 1. The molecule has 0 fully saturated rings. The lowest BCUT2D eigenvalue weighted by Crippen LogP contribution is -2.38. The minimum Gasteiger partial charge on any atom is -0.465 e. The molecule has 0 aromatic heterocycles. The van der Waals surface area contributed by atoms with Gasteiger partial charge in [-0.15, -0.1) is 0 Å². The minimum absolute atomic E-state index is 0.147. The summed E-state index contributed by atoms with van der Waals surface area (Å²) in [4.78, 5) is 12.0. The van der Waals surface area contributed by atoms with Crippen LogP contribution in [0.4, 0.5) is 0 Å². The smallest absolute Gasteiger partial charge is 0.338 e. The second kappa shape index (κ2) is 4.58. The molecule has 5 heteroatoms. The highest BCUT2D eigenvalue weighted by Gasteiger charge is 2.43. The Hall–Kier alpha value is -1.36. The van der Waals surface area contributed by atoms with Crippen LogP contribution in [0.3, 0.4) is 0 Å². The van der Waals surface area contributed by atoms with Crippen molar-refractivity contribution in [1.82, 2.24) is 0 Å². The first-order chi connectivity index (χ1) is 9.11. The van der Waals surface area contributed by atoms with Gasteiger partial charge in [0.2, 0.25) is 0 Å². The maximum atomic E-state index is 12.7. The van der Waals surface area contributed by atoms with Crippen LogP contribution in [0.1, 0.15) is 54.6 Å². The molecule has 0 bridgehead atoms. The molecule has 0 radical (unpaired) electrons. The summed E-state index contributed by atoms with van der Waals surface area (Å²) >= 11 is 0. The SMILES string of the molecule is COC(=O)c1cc2c(cc1C)C(C)CC(C)(C)S2(=O)=O. The van der Waals surface area contributed by atoms with E-state index in [9.17, 15) is 13.2 Å². The molecule has 1 aromatic rings. The number of hydrogen-bond acceptors (Lipinski definition) is 4. The van der Waals surface area contributed by atoms with Gasteiger partial charge in [-0.1, -0.05) is 13.0 Å². The monoisotopic (exact) mass is 296 g/mol.